The second-order valence-corrected chi connectivity index (χ2v) is 14.3. The van der Waals surface area contributed by atoms with Crippen LogP contribution in [0.1, 0.15) is 78.1 Å². The van der Waals surface area contributed by atoms with E-state index in [1.54, 1.807) is 12.1 Å². The Labute approximate surface area is 286 Å². The molecule has 254 valence electrons. The van der Waals surface area contributed by atoms with Gasteiger partial charge in [-0.05, 0) is 58.7 Å². The van der Waals surface area contributed by atoms with E-state index in [4.69, 9.17) is 9.05 Å². The summed E-state index contributed by atoms with van der Waals surface area (Å²) in [7, 11) is -4.43. The molecular formula is C38H43N6O4P. The number of rotatable bonds is 14. The summed E-state index contributed by atoms with van der Waals surface area (Å²) in [5, 5.41) is 21.3. The van der Waals surface area contributed by atoms with E-state index in [0.29, 0.717) is 11.1 Å². The van der Waals surface area contributed by atoms with Crippen LogP contribution < -0.4 is 9.05 Å². The Morgan fingerprint density at radius 1 is 0.612 bits per heavy atom. The number of nitrogens with zero attached hydrogens (tertiary/aromatic N) is 6. The van der Waals surface area contributed by atoms with Crippen molar-refractivity contribution in [2.24, 2.45) is 0 Å². The van der Waals surface area contributed by atoms with Crippen LogP contribution >= 0.6 is 7.82 Å². The number of aromatic nitrogens is 6. The van der Waals surface area contributed by atoms with Crippen molar-refractivity contribution in [3.05, 3.63) is 73.1 Å². The van der Waals surface area contributed by atoms with Gasteiger partial charge in [-0.1, -0.05) is 112 Å². The Bertz CT molecular complexity index is 1990. The van der Waals surface area contributed by atoms with Gasteiger partial charge in [0, 0.05) is 35.3 Å². The first-order valence-corrected chi connectivity index (χ1v) is 19.1. The number of benzene rings is 4. The molecule has 6 aromatic rings. The third kappa shape index (κ3) is 7.26. The molecule has 0 fully saturated rings. The zero-order chi connectivity index (χ0) is 33.8. The molecule has 0 saturated heterocycles. The van der Waals surface area contributed by atoms with Gasteiger partial charge in [-0.25, -0.2) is 4.57 Å². The standard InChI is InChI=1S/C38H43N6O4P/c1-3-5-7-9-11-21-43-25-33(39-41-43)29-13-17-31-27(23-29)15-19-35-37(31)38-32-18-14-30(24-28(32)16-20-36(38)48-49(45,46)47-35)34-26-44(42-40-34)22-12-10-8-6-4-2/h13-20,23-26H,3-12,21-22H2,1-2H3,(H,45,46). The van der Waals surface area contributed by atoms with Crippen molar-refractivity contribution in [1.82, 2.24) is 30.0 Å². The smallest absolute Gasteiger partial charge is 0.395 e. The Hall–Kier alpha value is -4.53. The third-order valence-corrected chi connectivity index (χ3v) is 10.1. The minimum absolute atomic E-state index is 0.289. The summed E-state index contributed by atoms with van der Waals surface area (Å²) in [6.07, 6.45) is 16.0. The molecule has 49 heavy (non-hydrogen) atoms. The lowest BCUT2D eigenvalue weighted by atomic mass is 9.91. The highest BCUT2D eigenvalue weighted by atomic mass is 31.2. The topological polar surface area (TPSA) is 117 Å². The summed E-state index contributed by atoms with van der Waals surface area (Å²) < 4.78 is 28.2. The first kappa shape index (κ1) is 33.0. The van der Waals surface area contributed by atoms with Crippen molar-refractivity contribution in [1.29, 1.82) is 0 Å². The van der Waals surface area contributed by atoms with Crippen molar-refractivity contribution >= 4 is 29.4 Å². The molecule has 0 aliphatic carbocycles. The number of unbranched alkanes of at least 4 members (excludes halogenated alkanes) is 8. The average Bonchev–Trinajstić information content (AvgIpc) is 3.75. The largest absolute Gasteiger partial charge is 0.584 e. The van der Waals surface area contributed by atoms with Crippen LogP contribution in [-0.4, -0.2) is 34.9 Å². The first-order chi connectivity index (χ1) is 23.9. The van der Waals surface area contributed by atoms with Crippen molar-refractivity contribution < 1.29 is 18.5 Å². The van der Waals surface area contributed by atoms with Gasteiger partial charge in [-0.3, -0.25) is 14.3 Å². The molecule has 0 unspecified atom stereocenters. The molecule has 1 aliphatic heterocycles. The van der Waals surface area contributed by atoms with Gasteiger partial charge in [0.1, 0.15) is 22.9 Å². The van der Waals surface area contributed by atoms with Crippen molar-refractivity contribution in [3.8, 4) is 45.1 Å². The van der Waals surface area contributed by atoms with E-state index in [2.05, 4.69) is 46.6 Å². The van der Waals surface area contributed by atoms with Crippen LogP contribution in [0.2, 0.25) is 0 Å². The van der Waals surface area contributed by atoms with Gasteiger partial charge in [0.25, 0.3) is 0 Å². The molecular weight excluding hydrogens is 635 g/mol. The summed E-state index contributed by atoms with van der Waals surface area (Å²) in [6.45, 7) is 6.14. The lowest BCUT2D eigenvalue weighted by Gasteiger charge is -2.14. The zero-order valence-corrected chi connectivity index (χ0v) is 29.1. The summed E-state index contributed by atoms with van der Waals surface area (Å²) in [6, 6.07) is 19.5. The van der Waals surface area contributed by atoms with Crippen LogP contribution in [-0.2, 0) is 17.7 Å². The second kappa shape index (κ2) is 14.5. The normalized spacial score (nSPS) is 13.5. The molecule has 0 amide bonds. The molecule has 4 aromatic carbocycles. The maximum Gasteiger partial charge on any atom is 0.584 e. The van der Waals surface area contributed by atoms with Crippen LogP contribution in [0.15, 0.2) is 73.1 Å². The number of fused-ring (bicyclic) bond motifs is 7. The molecule has 7 rings (SSSR count). The van der Waals surface area contributed by atoms with Crippen LogP contribution in [0.25, 0.3) is 55.2 Å². The minimum atomic E-state index is -4.43. The van der Waals surface area contributed by atoms with Crippen LogP contribution in [0.3, 0.4) is 0 Å². The van der Waals surface area contributed by atoms with Gasteiger partial charge in [0.2, 0.25) is 0 Å². The molecule has 11 heteroatoms. The van der Waals surface area contributed by atoms with E-state index in [9.17, 15) is 9.46 Å². The highest BCUT2D eigenvalue weighted by Gasteiger charge is 2.34. The lowest BCUT2D eigenvalue weighted by molar-refractivity contribution is 0.294. The van der Waals surface area contributed by atoms with Crippen LogP contribution in [0.5, 0.6) is 11.5 Å². The quantitative estimate of drug-likeness (QED) is 0.0894. The van der Waals surface area contributed by atoms with Gasteiger partial charge < -0.3 is 9.05 Å². The molecule has 0 saturated carbocycles. The Balaban J connectivity index is 1.22. The van der Waals surface area contributed by atoms with E-state index >= 15 is 0 Å². The average molecular weight is 679 g/mol. The highest BCUT2D eigenvalue weighted by Crippen LogP contribution is 2.57. The first-order valence-electron chi connectivity index (χ1n) is 17.6. The monoisotopic (exact) mass is 678 g/mol. The molecule has 1 N–H and O–H groups in total. The number of hydrogen-bond acceptors (Lipinski definition) is 7. The van der Waals surface area contributed by atoms with Gasteiger partial charge in [-0.2, -0.15) is 0 Å². The van der Waals surface area contributed by atoms with Crippen molar-refractivity contribution in [2.75, 3.05) is 0 Å². The minimum Gasteiger partial charge on any atom is -0.395 e. The van der Waals surface area contributed by atoms with Gasteiger partial charge in [0.15, 0.2) is 0 Å². The highest BCUT2D eigenvalue weighted by molar-refractivity contribution is 7.48. The molecule has 3 heterocycles. The Morgan fingerprint density at radius 2 is 1.06 bits per heavy atom. The fourth-order valence-corrected chi connectivity index (χ4v) is 7.55. The summed E-state index contributed by atoms with van der Waals surface area (Å²) in [5.41, 5.74) is 4.90. The predicted octanol–water partition coefficient (Wildman–Crippen LogP) is 9.99. The summed E-state index contributed by atoms with van der Waals surface area (Å²) in [4.78, 5) is 10.7. The van der Waals surface area contributed by atoms with E-state index in [-0.39, 0.29) is 11.5 Å². The molecule has 0 spiro atoms. The second-order valence-electron chi connectivity index (χ2n) is 13.0. The molecule has 1 aliphatic rings. The fraction of sp³-hybridized carbons (Fsp3) is 0.368. The number of hydrogen-bond donors (Lipinski definition) is 1. The van der Waals surface area contributed by atoms with Gasteiger partial charge in [-0.15, -0.1) is 10.2 Å². The maximum absolute atomic E-state index is 13.1. The van der Waals surface area contributed by atoms with Gasteiger partial charge >= 0.3 is 7.82 Å². The van der Waals surface area contributed by atoms with Gasteiger partial charge in [0.05, 0.1) is 12.4 Å². The number of aryl methyl sites for hydroxylation is 2. The van der Waals surface area contributed by atoms with E-state index < -0.39 is 7.82 Å². The van der Waals surface area contributed by atoms with Crippen molar-refractivity contribution in [3.63, 3.8) is 0 Å². The molecule has 0 bridgehead atoms. The van der Waals surface area contributed by atoms with Crippen molar-refractivity contribution in [2.45, 2.75) is 91.1 Å². The molecule has 10 nitrogen and oxygen atoms in total. The number of phosphoric acid groups is 1. The lowest BCUT2D eigenvalue weighted by Crippen LogP contribution is -1.98. The van der Waals surface area contributed by atoms with E-state index in [0.717, 1.165) is 70.0 Å². The molecule has 0 radical (unpaired) electrons. The fourth-order valence-electron chi connectivity index (χ4n) is 6.71. The SMILES string of the molecule is CCCCCCCn1cc(-c2ccc3c4c(ccc3c2)OP(=O)(O)Oc2ccc3cc(-c5cn(CCCCCCC)nn5)ccc3c2-4)nn1. The van der Waals surface area contributed by atoms with Crippen LogP contribution in [0.4, 0.5) is 0 Å². The summed E-state index contributed by atoms with van der Waals surface area (Å²) >= 11 is 0. The molecule has 2 aromatic heterocycles. The summed E-state index contributed by atoms with van der Waals surface area (Å²) in [5.74, 6) is 0.578. The van der Waals surface area contributed by atoms with E-state index in [1.807, 2.05) is 58.2 Å². The van der Waals surface area contributed by atoms with Crippen LogP contribution in [0, 0.1) is 0 Å². The Kier molecular flexibility index (Phi) is 9.78. The zero-order valence-electron chi connectivity index (χ0n) is 28.2. The number of phosphoric ester groups is 1. The Morgan fingerprint density at radius 3 is 1.51 bits per heavy atom. The predicted molar refractivity (Wildman–Crippen MR) is 194 cm³/mol. The van der Waals surface area contributed by atoms with E-state index in [1.165, 1.54) is 51.4 Å². The maximum atomic E-state index is 13.1. The third-order valence-electron chi connectivity index (χ3n) is 9.29. The molecule has 0 atom stereocenters.